The number of likely N-dealkylation sites (tertiary alicyclic amines) is 1. The van der Waals surface area contributed by atoms with Crippen molar-refractivity contribution < 1.29 is 50.6 Å². The van der Waals surface area contributed by atoms with Crippen molar-refractivity contribution in [3.8, 4) is 16.2 Å². The van der Waals surface area contributed by atoms with E-state index in [0.717, 1.165) is 32.3 Å². The molecule has 0 bridgehead atoms. The number of hydrogen-bond donors (Lipinski definition) is 5. The van der Waals surface area contributed by atoms with Crippen LogP contribution in [0.15, 0.2) is 84.5 Å². The quantitative estimate of drug-likeness (QED) is 0.0544. The van der Waals surface area contributed by atoms with Crippen LogP contribution >= 0.6 is 11.3 Å². The van der Waals surface area contributed by atoms with Gasteiger partial charge in [-0.25, -0.2) is 18.4 Å². The number of aliphatic hydroxyl groups is 1. The molecule has 370 valence electrons. The third kappa shape index (κ3) is 14.3. The van der Waals surface area contributed by atoms with E-state index >= 15 is 0 Å². The smallest absolute Gasteiger partial charge is 0.421 e. The monoisotopic (exact) mass is 995 g/mol. The maximum atomic E-state index is 14.0. The highest BCUT2D eigenvalue weighted by atomic mass is 32.2. The minimum absolute atomic E-state index is 0.0260. The van der Waals surface area contributed by atoms with Crippen LogP contribution in [-0.4, -0.2) is 109 Å². The number of rotatable bonds is 20. The van der Waals surface area contributed by atoms with Gasteiger partial charge in [0.2, 0.25) is 33.7 Å². The SMILES string of the molecule is Cc1ncsc1-c1ccc(CNC(=O)[C@@H]2C[C@H](O)CN2C(=O)C(NC(=O)CCOCCOc2ccc(Nc3ncc(C(F)(F)F)c(NCc4cccc(N(C)S(C)(=O)=O)c4)n3)cc2)C(C)(C)C)cc1. The predicted octanol–water partition coefficient (Wildman–Crippen LogP) is 6.27. The summed E-state index contributed by atoms with van der Waals surface area (Å²) in [7, 11) is -2.18. The molecule has 3 amide bonds. The van der Waals surface area contributed by atoms with Gasteiger partial charge in [0.05, 0.1) is 47.3 Å². The summed E-state index contributed by atoms with van der Waals surface area (Å²) >= 11 is 1.55. The first-order chi connectivity index (χ1) is 32.6. The number of hydrogen-bond acceptors (Lipinski definition) is 14. The number of nitrogens with one attached hydrogen (secondary N) is 4. The molecule has 6 rings (SSSR count). The molecule has 1 aliphatic heterocycles. The average Bonchev–Trinajstić information content (AvgIpc) is 3.92. The average molecular weight is 996 g/mol. The van der Waals surface area contributed by atoms with Crippen LogP contribution in [0.2, 0.25) is 0 Å². The number of anilines is 4. The highest BCUT2D eigenvalue weighted by Crippen LogP contribution is 2.35. The van der Waals surface area contributed by atoms with Crippen molar-refractivity contribution in [2.24, 2.45) is 5.41 Å². The first-order valence-corrected chi connectivity index (χ1v) is 24.6. The van der Waals surface area contributed by atoms with E-state index in [1.165, 1.54) is 11.9 Å². The number of nitrogens with zero attached hydrogens (tertiary/aromatic N) is 5. The molecule has 5 aromatic rings. The van der Waals surface area contributed by atoms with Crippen LogP contribution in [0.25, 0.3) is 10.4 Å². The Morgan fingerprint density at radius 2 is 1.70 bits per heavy atom. The molecule has 1 saturated heterocycles. The minimum atomic E-state index is -4.76. The van der Waals surface area contributed by atoms with Gasteiger partial charge in [0.25, 0.3) is 0 Å². The largest absolute Gasteiger partial charge is 0.491 e. The third-order valence-electron chi connectivity index (χ3n) is 11.1. The molecular formula is C47H56F3N9O8S2. The van der Waals surface area contributed by atoms with Crippen LogP contribution in [-0.2, 0) is 48.4 Å². The number of carbonyl (C=O) groups excluding carboxylic acids is 3. The Balaban J connectivity index is 0.939. The Kier molecular flexibility index (Phi) is 16.9. The summed E-state index contributed by atoms with van der Waals surface area (Å²) in [6, 6.07) is 18.7. The van der Waals surface area contributed by atoms with Gasteiger partial charge < -0.3 is 40.7 Å². The Morgan fingerprint density at radius 3 is 2.35 bits per heavy atom. The van der Waals surface area contributed by atoms with E-state index < -0.39 is 68.9 Å². The number of aromatic nitrogens is 3. The Labute approximate surface area is 402 Å². The molecular weight excluding hydrogens is 940 g/mol. The molecule has 3 aromatic carbocycles. The summed E-state index contributed by atoms with van der Waals surface area (Å²) in [5, 5.41) is 21.8. The van der Waals surface area contributed by atoms with Crippen LogP contribution in [0.4, 0.5) is 36.3 Å². The third-order valence-corrected chi connectivity index (χ3v) is 13.3. The molecule has 0 saturated carbocycles. The number of halogens is 3. The number of benzene rings is 3. The van der Waals surface area contributed by atoms with Gasteiger partial charge >= 0.3 is 6.18 Å². The van der Waals surface area contributed by atoms with Gasteiger partial charge in [0, 0.05) is 51.4 Å². The topological polar surface area (TPSA) is 217 Å². The van der Waals surface area contributed by atoms with Gasteiger partial charge in [-0.15, -0.1) is 11.3 Å². The minimum Gasteiger partial charge on any atom is -0.491 e. The van der Waals surface area contributed by atoms with Crippen molar-refractivity contribution in [1.29, 1.82) is 0 Å². The Morgan fingerprint density at radius 1 is 0.971 bits per heavy atom. The van der Waals surface area contributed by atoms with Crippen molar-refractivity contribution in [2.75, 3.05) is 54.6 Å². The van der Waals surface area contributed by atoms with E-state index in [0.29, 0.717) is 28.9 Å². The van der Waals surface area contributed by atoms with Crippen molar-refractivity contribution in [2.45, 2.75) is 78.0 Å². The van der Waals surface area contributed by atoms with Gasteiger partial charge in [-0.2, -0.15) is 18.2 Å². The van der Waals surface area contributed by atoms with Gasteiger partial charge in [0.15, 0.2) is 0 Å². The maximum Gasteiger partial charge on any atom is 0.421 e. The normalized spacial score (nSPS) is 15.6. The molecule has 22 heteroatoms. The van der Waals surface area contributed by atoms with Crippen LogP contribution in [0.1, 0.15) is 56.0 Å². The second kappa shape index (κ2) is 22.4. The van der Waals surface area contributed by atoms with Gasteiger partial charge in [-0.1, -0.05) is 57.2 Å². The highest BCUT2D eigenvalue weighted by molar-refractivity contribution is 7.92. The zero-order valence-corrected chi connectivity index (χ0v) is 40.6. The summed E-state index contributed by atoms with van der Waals surface area (Å²) in [5.41, 5.74) is 4.13. The molecule has 69 heavy (non-hydrogen) atoms. The lowest BCUT2D eigenvalue weighted by molar-refractivity contribution is -0.144. The van der Waals surface area contributed by atoms with Crippen LogP contribution in [0.3, 0.4) is 0 Å². The molecule has 2 aromatic heterocycles. The number of thiazole rings is 1. The van der Waals surface area contributed by atoms with Gasteiger partial charge in [-0.05, 0) is 65.4 Å². The number of aliphatic hydroxyl groups excluding tert-OH is 1. The molecule has 1 aliphatic rings. The molecule has 5 N–H and O–H groups in total. The van der Waals surface area contributed by atoms with E-state index in [2.05, 4.69) is 36.2 Å². The standard InChI is InChI=1S/C47H56F3N9O8S2/c1-29-40(68-28-54-29)32-12-10-30(11-13-32)24-52-43(62)38-23-35(60)27-59(38)44(63)41(46(2,3)4)56-39(61)18-19-66-20-21-67-36-16-14-33(15-17-36)55-45-53-26-37(47(48,49)50)42(57-45)51-25-31-8-7-9-34(22-31)58(5)69(6,64)65/h7-17,22,26,28,35,38,41,60H,18-21,23-25,27H2,1-6H3,(H,52,62)(H,56,61)(H2,51,53,55,57)/t35-,38-,41?/m0/s1. The van der Waals surface area contributed by atoms with E-state index in [-0.39, 0.29) is 58.2 Å². The second-order valence-corrected chi connectivity index (χ2v) is 20.4. The first kappa shape index (κ1) is 52.0. The van der Waals surface area contributed by atoms with Crippen LogP contribution in [0.5, 0.6) is 5.75 Å². The molecule has 3 atom stereocenters. The van der Waals surface area contributed by atoms with Gasteiger partial charge in [0.1, 0.15) is 35.8 Å². The van der Waals surface area contributed by atoms with Crippen molar-refractivity contribution in [1.82, 2.24) is 30.5 Å². The first-order valence-electron chi connectivity index (χ1n) is 21.9. The highest BCUT2D eigenvalue weighted by Gasteiger charge is 2.44. The molecule has 3 heterocycles. The molecule has 1 fully saturated rings. The van der Waals surface area contributed by atoms with Crippen molar-refractivity contribution >= 4 is 62.2 Å². The predicted molar refractivity (Wildman–Crippen MR) is 256 cm³/mol. The lowest BCUT2D eigenvalue weighted by atomic mass is 9.85. The molecule has 0 spiro atoms. The number of alkyl halides is 3. The zero-order chi connectivity index (χ0) is 50.1. The fourth-order valence-electron chi connectivity index (χ4n) is 7.29. The van der Waals surface area contributed by atoms with Crippen LogP contribution < -0.4 is 30.3 Å². The van der Waals surface area contributed by atoms with E-state index in [1.54, 1.807) is 86.1 Å². The number of β-amino-alcohol motifs (C(OH)–C–C–N with tert-alkyl or cyclic N) is 1. The molecule has 0 radical (unpaired) electrons. The summed E-state index contributed by atoms with van der Waals surface area (Å²) in [4.78, 5) is 55.1. The van der Waals surface area contributed by atoms with E-state index in [1.807, 2.05) is 31.2 Å². The van der Waals surface area contributed by atoms with Crippen LogP contribution in [0, 0.1) is 12.3 Å². The summed E-state index contributed by atoms with van der Waals surface area (Å²) in [6.07, 6.45) is -3.95. The van der Waals surface area contributed by atoms with Gasteiger partial charge in [-0.3, -0.25) is 18.7 Å². The van der Waals surface area contributed by atoms with E-state index in [9.17, 15) is 41.1 Å². The fourth-order valence-corrected chi connectivity index (χ4v) is 8.59. The van der Waals surface area contributed by atoms with Crippen molar-refractivity contribution in [3.63, 3.8) is 0 Å². The Bertz CT molecular complexity index is 2680. The number of ether oxygens (including phenoxy) is 2. The number of carbonyl (C=O) groups is 3. The molecule has 1 unspecified atom stereocenters. The number of sulfonamides is 1. The maximum absolute atomic E-state index is 14.0. The summed E-state index contributed by atoms with van der Waals surface area (Å²) < 4.78 is 78.0. The summed E-state index contributed by atoms with van der Waals surface area (Å²) in [5.74, 6) is -1.44. The lowest BCUT2D eigenvalue weighted by Crippen LogP contribution is -2.57. The van der Waals surface area contributed by atoms with Crippen molar-refractivity contribution in [3.05, 3.63) is 107 Å². The molecule has 0 aliphatic carbocycles. The lowest BCUT2D eigenvalue weighted by Gasteiger charge is -2.35. The Hall–Kier alpha value is -6.36. The fraction of sp³-hybridized carbons (Fsp3) is 0.404. The molecule has 17 nitrogen and oxygen atoms in total. The second-order valence-electron chi connectivity index (χ2n) is 17.5. The zero-order valence-electron chi connectivity index (χ0n) is 39.0. The number of aryl methyl sites for hydroxylation is 1. The number of amides is 3. The summed E-state index contributed by atoms with van der Waals surface area (Å²) in [6.45, 7) is 7.72. The van der Waals surface area contributed by atoms with E-state index in [4.69, 9.17) is 9.47 Å².